The number of para-hydroxylation sites is 4. The van der Waals surface area contributed by atoms with E-state index < -0.39 is 0 Å². The fraction of sp³-hybridized carbons (Fsp3) is 0.0526. The Balaban J connectivity index is 0.00000300. The number of anilines is 4. The van der Waals surface area contributed by atoms with Crippen LogP contribution in [0.4, 0.5) is 22.7 Å². The van der Waals surface area contributed by atoms with Gasteiger partial charge in [-0.3, -0.25) is 0 Å². The van der Waals surface area contributed by atoms with Crippen molar-refractivity contribution in [2.45, 2.75) is 13.3 Å². The Morgan fingerprint density at radius 1 is 0.674 bits per heavy atom. The van der Waals surface area contributed by atoms with Crippen LogP contribution in [0.1, 0.15) is 16.7 Å². The van der Waals surface area contributed by atoms with Gasteiger partial charge in [-0.15, -0.1) is 17.7 Å². The van der Waals surface area contributed by atoms with E-state index in [0.717, 1.165) is 57.1 Å². The van der Waals surface area contributed by atoms with Crippen molar-refractivity contribution in [2.75, 3.05) is 9.80 Å². The Bertz CT molecular complexity index is 2080. The maximum absolute atomic E-state index is 4.72. The maximum atomic E-state index is 4.72. The Morgan fingerprint density at radius 2 is 1.42 bits per heavy atom. The molecule has 212 valence electrons. The molecule has 0 spiro atoms. The molecular weight excluding hydrogens is 708 g/mol. The molecule has 3 heterocycles. The Labute approximate surface area is 266 Å². The Kier molecular flexibility index (Phi) is 7.08. The standard InChI is InChI=1S/C38H27N4.Pt/c1-27-20-21-39-38(22-27)42-34-15-6-5-14-32(34)33-19-18-29(25-37(33)42)23-28-10-9-13-31(24-28)41-26-40(30-11-3-2-4-12-30)35-16-7-8-17-36(35)41;/h2-22,26H,23H2,1H3;/q-3;. The molecule has 2 aromatic heterocycles. The molecule has 1 aliphatic rings. The first kappa shape index (κ1) is 27.2. The molecule has 0 radical (unpaired) electrons. The van der Waals surface area contributed by atoms with Crippen LogP contribution in [0.25, 0.3) is 27.6 Å². The van der Waals surface area contributed by atoms with Crippen LogP contribution in [0.3, 0.4) is 0 Å². The number of hydrogen-bond acceptors (Lipinski definition) is 3. The fourth-order valence-electron chi connectivity index (χ4n) is 5.97. The van der Waals surface area contributed by atoms with Gasteiger partial charge in [0.2, 0.25) is 0 Å². The van der Waals surface area contributed by atoms with E-state index in [1.807, 2.05) is 18.3 Å². The smallest absolute Gasteiger partial charge is 0.135 e. The zero-order valence-corrected chi connectivity index (χ0v) is 25.8. The molecule has 0 bridgehead atoms. The molecule has 0 saturated carbocycles. The normalized spacial score (nSPS) is 12.5. The maximum Gasteiger partial charge on any atom is 0.135 e. The minimum atomic E-state index is 0. The summed E-state index contributed by atoms with van der Waals surface area (Å²) in [7, 11) is 0. The predicted molar refractivity (Wildman–Crippen MR) is 172 cm³/mol. The van der Waals surface area contributed by atoms with Crippen molar-refractivity contribution >= 4 is 44.6 Å². The first-order chi connectivity index (χ1) is 20.7. The molecule has 0 unspecified atom stereocenters. The molecule has 5 heteroatoms. The van der Waals surface area contributed by atoms with Crippen LogP contribution in [0.15, 0.2) is 128 Å². The topological polar surface area (TPSA) is 24.3 Å². The van der Waals surface area contributed by atoms with Crippen LogP contribution in [0.5, 0.6) is 0 Å². The second-order valence-corrected chi connectivity index (χ2v) is 10.7. The number of nitrogens with zero attached hydrogens (tertiary/aromatic N) is 4. The molecule has 4 nitrogen and oxygen atoms in total. The number of benzene rings is 5. The number of pyridine rings is 1. The molecule has 0 amide bonds. The third-order valence-electron chi connectivity index (χ3n) is 7.92. The number of fused-ring (bicyclic) bond motifs is 4. The molecule has 1 aliphatic heterocycles. The fourth-order valence-corrected chi connectivity index (χ4v) is 5.97. The number of rotatable bonds is 5. The molecule has 0 fully saturated rings. The predicted octanol–water partition coefficient (Wildman–Crippen LogP) is 9.08. The minimum Gasteiger partial charge on any atom is -0.493 e. The van der Waals surface area contributed by atoms with E-state index in [4.69, 9.17) is 4.98 Å². The van der Waals surface area contributed by atoms with E-state index in [1.54, 1.807) is 0 Å². The van der Waals surface area contributed by atoms with Crippen molar-refractivity contribution in [3.05, 3.63) is 163 Å². The molecule has 0 saturated heterocycles. The van der Waals surface area contributed by atoms with E-state index in [1.165, 1.54) is 16.3 Å². The zero-order valence-electron chi connectivity index (χ0n) is 23.5. The van der Waals surface area contributed by atoms with Crippen LogP contribution < -0.4 is 9.80 Å². The quantitative estimate of drug-likeness (QED) is 0.165. The summed E-state index contributed by atoms with van der Waals surface area (Å²) in [5.41, 5.74) is 10.0. The van der Waals surface area contributed by atoms with Gasteiger partial charge in [-0.25, -0.2) is 4.98 Å². The summed E-state index contributed by atoms with van der Waals surface area (Å²) in [6.45, 7) is 4.26. The molecular formula is C38H27N4Pt-3. The van der Waals surface area contributed by atoms with Crippen molar-refractivity contribution < 1.29 is 21.1 Å². The van der Waals surface area contributed by atoms with Crippen LogP contribution >= 0.6 is 0 Å². The molecule has 0 N–H and O–H groups in total. The number of aryl methyl sites for hydroxylation is 1. The summed E-state index contributed by atoms with van der Waals surface area (Å²) in [6, 6.07) is 49.9. The number of aromatic nitrogens is 2. The molecule has 5 aromatic carbocycles. The van der Waals surface area contributed by atoms with Gasteiger partial charge in [0.1, 0.15) is 5.82 Å². The second-order valence-electron chi connectivity index (χ2n) is 10.7. The molecule has 0 aliphatic carbocycles. The van der Waals surface area contributed by atoms with Gasteiger partial charge in [-0.2, -0.15) is 53.6 Å². The SMILES string of the molecule is Cc1ccnc(-n2c3[c-]c(Cc4[c-]c(N5[CH-]N(c6ccccc6)c6ccccc65)ccc4)ccc3c3ccccc32)c1.[Pt]. The van der Waals surface area contributed by atoms with Gasteiger partial charge in [0.15, 0.2) is 0 Å². The van der Waals surface area contributed by atoms with Gasteiger partial charge < -0.3 is 14.4 Å². The van der Waals surface area contributed by atoms with Crippen molar-refractivity contribution in [3.8, 4) is 5.82 Å². The van der Waals surface area contributed by atoms with Gasteiger partial charge in [0.05, 0.1) is 0 Å². The summed E-state index contributed by atoms with van der Waals surface area (Å²) in [5, 5.41) is 2.39. The van der Waals surface area contributed by atoms with Gasteiger partial charge in [0.25, 0.3) is 0 Å². The van der Waals surface area contributed by atoms with Gasteiger partial charge in [0, 0.05) is 49.8 Å². The van der Waals surface area contributed by atoms with Crippen LogP contribution in [0.2, 0.25) is 0 Å². The summed E-state index contributed by atoms with van der Waals surface area (Å²) >= 11 is 0. The zero-order chi connectivity index (χ0) is 28.0. The molecule has 8 rings (SSSR count). The summed E-state index contributed by atoms with van der Waals surface area (Å²) in [6.07, 6.45) is 2.60. The average molecular weight is 735 g/mol. The van der Waals surface area contributed by atoms with Gasteiger partial charge >= 0.3 is 0 Å². The third-order valence-corrected chi connectivity index (χ3v) is 7.92. The summed E-state index contributed by atoms with van der Waals surface area (Å²) < 4.78 is 2.23. The molecule has 7 aromatic rings. The van der Waals surface area contributed by atoms with E-state index >= 15 is 0 Å². The van der Waals surface area contributed by atoms with Gasteiger partial charge in [-0.1, -0.05) is 54.0 Å². The van der Waals surface area contributed by atoms with Crippen LogP contribution in [-0.4, -0.2) is 9.55 Å². The molecule has 43 heavy (non-hydrogen) atoms. The van der Waals surface area contributed by atoms with Crippen molar-refractivity contribution in [1.82, 2.24) is 9.55 Å². The second kappa shape index (κ2) is 11.2. The molecule has 0 atom stereocenters. The first-order valence-electron chi connectivity index (χ1n) is 14.2. The average Bonchev–Trinajstić information content (AvgIpc) is 3.58. The van der Waals surface area contributed by atoms with Crippen LogP contribution in [0, 0.1) is 25.7 Å². The Morgan fingerprint density at radius 3 is 2.26 bits per heavy atom. The summed E-state index contributed by atoms with van der Waals surface area (Å²) in [5.74, 6) is 0.911. The van der Waals surface area contributed by atoms with E-state index in [0.29, 0.717) is 0 Å². The van der Waals surface area contributed by atoms with E-state index in [9.17, 15) is 0 Å². The Hall–Kier alpha value is -4.66. The summed E-state index contributed by atoms with van der Waals surface area (Å²) in [4.78, 5) is 9.18. The third kappa shape index (κ3) is 4.82. The van der Waals surface area contributed by atoms with Crippen molar-refractivity contribution in [3.63, 3.8) is 0 Å². The first-order valence-corrected chi connectivity index (χ1v) is 14.2. The van der Waals surface area contributed by atoms with E-state index in [2.05, 4.69) is 149 Å². The van der Waals surface area contributed by atoms with Crippen LogP contribution in [-0.2, 0) is 27.5 Å². The number of hydrogen-bond donors (Lipinski definition) is 0. The monoisotopic (exact) mass is 734 g/mol. The van der Waals surface area contributed by atoms with Crippen molar-refractivity contribution in [1.29, 1.82) is 0 Å². The minimum absolute atomic E-state index is 0. The van der Waals surface area contributed by atoms with Gasteiger partial charge in [-0.05, 0) is 66.8 Å². The van der Waals surface area contributed by atoms with E-state index in [-0.39, 0.29) is 21.1 Å². The largest absolute Gasteiger partial charge is 0.493 e. The van der Waals surface area contributed by atoms with Crippen molar-refractivity contribution in [2.24, 2.45) is 0 Å².